The average Bonchev–Trinajstić information content (AvgIpc) is 3.93. The van der Waals surface area contributed by atoms with Crippen LogP contribution in [0.2, 0.25) is 56.7 Å². The van der Waals surface area contributed by atoms with Gasteiger partial charge in [0.2, 0.25) is 11.2 Å². The van der Waals surface area contributed by atoms with Crippen LogP contribution in [0.15, 0.2) is 61.2 Å². The fourth-order valence-corrected chi connectivity index (χ4v) is 10.1. The quantitative estimate of drug-likeness (QED) is 0.0309. The standard InChI is InChI=1S/C29H40N6O3Si.C20H23ClN4OSi.C9H18N2O2/c1-19-16-31-27(32-23-11-12-24(23)33-28(36)38-29(2,3)4)34-26(19)22-17-35(18-37-13-14-39(6,7)8)25-15-20(30-5)9-10-21(22)25;1-14-11-23-20(21)24-19(14)17-12-25(13-26-8-9-27(3,4)5)18-10-15(22-2)6-7-16(17)18;1-9(2,3)13-8(12)11-7-5-4-6(7)10/h9-10,15-17,23-24H,11-14,18H2,1-4,6-8H3,(H,33,36)(H,31,32,34);6-7,10-12H,8-9,13H2,1,3-5H3;6-7H,4-5,10H2,1-3H3,(H,11,12)/t23-,24-;;6-,7-/m0.0/s1. The zero-order chi connectivity index (χ0) is 58.0. The first-order valence-corrected chi connectivity index (χ1v) is 34.8. The van der Waals surface area contributed by atoms with Crippen LogP contribution in [-0.2, 0) is 32.4 Å². The first-order chi connectivity index (χ1) is 37.0. The third-order valence-electron chi connectivity index (χ3n) is 13.2. The average molecular weight is 1130 g/mol. The lowest BCUT2D eigenvalue weighted by Crippen LogP contribution is -2.55. The highest BCUT2D eigenvalue weighted by Crippen LogP contribution is 2.36. The molecule has 2 fully saturated rings. The molecule has 2 aromatic carbocycles. The highest BCUT2D eigenvalue weighted by Gasteiger charge is 2.34. The van der Waals surface area contributed by atoms with Gasteiger partial charge in [0.15, 0.2) is 11.4 Å². The number of nitrogens with one attached hydrogen (secondary N) is 3. The number of rotatable bonds is 16. The second-order valence-corrected chi connectivity index (χ2v) is 36.4. The summed E-state index contributed by atoms with van der Waals surface area (Å²) in [7, 11) is -2.32. The Balaban J connectivity index is 0.000000217. The number of ether oxygens (including phenoxy) is 4. The monoisotopic (exact) mass is 1130 g/mol. The lowest BCUT2D eigenvalue weighted by Gasteiger charge is -2.37. The number of benzene rings is 2. The van der Waals surface area contributed by atoms with Gasteiger partial charge in [-0.3, -0.25) is 0 Å². The van der Waals surface area contributed by atoms with Crippen LogP contribution in [-0.4, -0.2) is 106 Å². The molecule has 0 aliphatic heterocycles. The first-order valence-electron chi connectivity index (χ1n) is 27.0. The fourth-order valence-electron chi connectivity index (χ4n) is 8.48. The summed E-state index contributed by atoms with van der Waals surface area (Å²) in [5, 5.41) is 11.4. The molecule has 424 valence electrons. The maximum absolute atomic E-state index is 12.2. The van der Waals surface area contributed by atoms with Gasteiger partial charge in [-0.25, -0.2) is 39.2 Å². The van der Waals surface area contributed by atoms with Crippen LogP contribution >= 0.6 is 11.6 Å². The van der Waals surface area contributed by atoms with Crippen LogP contribution in [0.25, 0.3) is 54.0 Å². The molecule has 18 nitrogen and oxygen atoms in total. The Morgan fingerprint density at radius 2 is 1.13 bits per heavy atom. The number of alkyl carbamates (subject to hydrolysis) is 2. The summed E-state index contributed by atoms with van der Waals surface area (Å²) < 4.78 is 26.6. The molecule has 4 atom stereocenters. The molecular formula is C58H81ClN12O6Si2. The Kier molecular flexibility index (Phi) is 20.5. The Morgan fingerprint density at radius 1 is 0.684 bits per heavy atom. The van der Waals surface area contributed by atoms with Gasteiger partial charge < -0.3 is 49.8 Å². The van der Waals surface area contributed by atoms with Crippen molar-refractivity contribution in [1.29, 1.82) is 0 Å². The van der Waals surface area contributed by atoms with Gasteiger partial charge in [0.25, 0.3) is 0 Å². The predicted molar refractivity (Wildman–Crippen MR) is 321 cm³/mol. The van der Waals surface area contributed by atoms with Crippen molar-refractivity contribution >= 4 is 79.1 Å². The molecule has 4 aromatic heterocycles. The molecule has 0 bridgehead atoms. The van der Waals surface area contributed by atoms with Crippen molar-refractivity contribution in [3.63, 3.8) is 0 Å². The second kappa shape index (κ2) is 26.3. The van der Waals surface area contributed by atoms with E-state index in [2.05, 4.69) is 90.6 Å². The molecule has 6 aromatic rings. The molecule has 0 unspecified atom stereocenters. The summed E-state index contributed by atoms with van der Waals surface area (Å²) in [4.78, 5) is 48.5. The SMILES string of the molecule is CC(C)(C)OC(=O)N[C@H]1CC[C@@H]1N.[C-]#[N+]c1ccc2c(-c3nc(Cl)ncc3C)cn(COCC[Si](C)(C)C)c2c1.[C-]#[N+]c1ccc2c(-c3nc(N[C@H]4CC[C@@H]4NC(=O)OC(C)(C)C)ncc3C)cn(COCC[Si](C)(C)C)c2c1. The summed E-state index contributed by atoms with van der Waals surface area (Å²) in [6, 6.07) is 13.8. The third kappa shape index (κ3) is 18.3. The van der Waals surface area contributed by atoms with E-state index in [1.54, 1.807) is 6.20 Å². The molecular weight excluding hydrogens is 1050 g/mol. The molecule has 79 heavy (non-hydrogen) atoms. The minimum Gasteiger partial charge on any atom is -0.444 e. The van der Waals surface area contributed by atoms with Crippen molar-refractivity contribution < 1.29 is 28.5 Å². The minimum absolute atomic E-state index is 0.0235. The van der Waals surface area contributed by atoms with Crippen molar-refractivity contribution in [3.8, 4) is 22.5 Å². The minimum atomic E-state index is -1.19. The number of nitrogens with zero attached hydrogens (tertiary/aromatic N) is 8. The number of fused-ring (bicyclic) bond motifs is 2. The largest absolute Gasteiger partial charge is 0.444 e. The van der Waals surface area contributed by atoms with Gasteiger partial charge in [0, 0.05) is 105 Å². The number of nitrogens with two attached hydrogens (primary N) is 1. The lowest BCUT2D eigenvalue weighted by atomic mass is 9.86. The molecule has 8 rings (SSSR count). The van der Waals surface area contributed by atoms with Crippen molar-refractivity contribution in [3.05, 3.63) is 100 Å². The van der Waals surface area contributed by atoms with Crippen LogP contribution in [0.1, 0.15) is 78.4 Å². The van der Waals surface area contributed by atoms with Gasteiger partial charge in [-0.05, 0) is 128 Å². The van der Waals surface area contributed by atoms with Gasteiger partial charge in [0.05, 0.1) is 30.6 Å². The third-order valence-corrected chi connectivity index (χ3v) is 16.8. The van der Waals surface area contributed by atoms with E-state index in [0.29, 0.717) is 37.4 Å². The second-order valence-electron chi connectivity index (χ2n) is 24.8. The molecule has 2 amide bonds. The Morgan fingerprint density at radius 3 is 1.53 bits per heavy atom. The summed E-state index contributed by atoms with van der Waals surface area (Å²) in [6.07, 6.45) is 10.6. The molecule has 4 heterocycles. The molecule has 0 saturated heterocycles. The van der Waals surface area contributed by atoms with E-state index in [9.17, 15) is 9.59 Å². The number of aromatic nitrogens is 6. The highest BCUT2D eigenvalue weighted by molar-refractivity contribution is 6.76. The Bertz CT molecular complexity index is 3180. The van der Waals surface area contributed by atoms with E-state index in [1.165, 1.54) is 0 Å². The topological polar surface area (TPSA) is 203 Å². The molecule has 0 radical (unpaired) electrons. The normalized spacial score (nSPS) is 17.1. The number of hydrogen-bond donors (Lipinski definition) is 4. The van der Waals surface area contributed by atoms with Gasteiger partial charge >= 0.3 is 12.2 Å². The van der Waals surface area contributed by atoms with Gasteiger partial charge in [-0.1, -0.05) is 63.5 Å². The van der Waals surface area contributed by atoms with Crippen molar-refractivity contribution in [1.82, 2.24) is 39.7 Å². The number of carbonyl (C=O) groups is 2. The smallest absolute Gasteiger partial charge is 0.407 e. The number of aryl methyl sites for hydroxylation is 2. The van der Waals surface area contributed by atoms with Crippen LogP contribution in [0.5, 0.6) is 0 Å². The Hall–Kier alpha value is -6.40. The lowest BCUT2D eigenvalue weighted by molar-refractivity contribution is 0.0458. The zero-order valence-electron chi connectivity index (χ0n) is 48.6. The number of hydrogen-bond acceptors (Lipinski definition) is 12. The number of carbonyl (C=O) groups excluding carboxylic acids is 2. The van der Waals surface area contributed by atoms with E-state index in [-0.39, 0.29) is 35.5 Å². The van der Waals surface area contributed by atoms with Crippen molar-refractivity contribution in [2.45, 2.75) is 181 Å². The summed E-state index contributed by atoms with van der Waals surface area (Å²) in [5.41, 5.74) is 13.3. The Labute approximate surface area is 473 Å². The van der Waals surface area contributed by atoms with E-state index in [4.69, 9.17) is 54.4 Å². The number of halogens is 1. The van der Waals surface area contributed by atoms with Crippen LogP contribution in [0.4, 0.5) is 26.9 Å². The van der Waals surface area contributed by atoms with Gasteiger partial charge in [0.1, 0.15) is 24.7 Å². The van der Waals surface area contributed by atoms with E-state index >= 15 is 0 Å². The van der Waals surface area contributed by atoms with Crippen molar-refractivity contribution in [2.24, 2.45) is 5.73 Å². The van der Waals surface area contributed by atoms with Crippen LogP contribution in [0, 0.1) is 27.0 Å². The molecule has 2 aliphatic carbocycles. The summed E-state index contributed by atoms with van der Waals surface area (Å²) in [5.74, 6) is 0.515. The first kappa shape index (κ1) is 61.8. The van der Waals surface area contributed by atoms with E-state index in [0.717, 1.165) is 99.8 Å². The van der Waals surface area contributed by atoms with Gasteiger partial charge in [-0.2, -0.15) is 0 Å². The molecule has 5 N–H and O–H groups in total. The summed E-state index contributed by atoms with van der Waals surface area (Å²) >= 11 is 6.03. The number of anilines is 1. The maximum Gasteiger partial charge on any atom is 0.407 e. The highest BCUT2D eigenvalue weighted by atomic mass is 35.5. The molecule has 2 aliphatic rings. The van der Waals surface area contributed by atoms with Crippen LogP contribution in [0.3, 0.4) is 0 Å². The molecule has 2 saturated carbocycles. The van der Waals surface area contributed by atoms with Gasteiger partial charge in [-0.15, -0.1) is 0 Å². The fraction of sp³-hybridized carbons (Fsp3) is 0.517. The maximum atomic E-state index is 12.2. The van der Waals surface area contributed by atoms with E-state index in [1.807, 2.05) is 109 Å². The molecule has 21 heteroatoms. The zero-order valence-corrected chi connectivity index (χ0v) is 51.4. The van der Waals surface area contributed by atoms with Crippen LogP contribution < -0.4 is 21.7 Å². The van der Waals surface area contributed by atoms with Crippen molar-refractivity contribution in [2.75, 3.05) is 18.5 Å². The predicted octanol–water partition coefficient (Wildman–Crippen LogP) is 13.7. The summed E-state index contributed by atoms with van der Waals surface area (Å²) in [6.45, 7) is 46.2. The number of amides is 2. The van der Waals surface area contributed by atoms with E-state index < -0.39 is 33.4 Å². The molecule has 0 spiro atoms.